The molecule has 0 aromatic carbocycles. The lowest BCUT2D eigenvalue weighted by Crippen LogP contribution is -2.68. The van der Waals surface area contributed by atoms with Crippen molar-refractivity contribution in [2.24, 2.45) is 0 Å². The van der Waals surface area contributed by atoms with Crippen LogP contribution < -0.4 is 0 Å². The van der Waals surface area contributed by atoms with Gasteiger partial charge >= 0.3 is 11.9 Å². The average Bonchev–Trinajstić information content (AvgIpc) is 2.48. The highest BCUT2D eigenvalue weighted by molar-refractivity contribution is 5.86. The first-order chi connectivity index (χ1) is 11.0. The first-order valence-corrected chi connectivity index (χ1v) is 7.86. The topological polar surface area (TPSA) is 89.5 Å². The third-order valence-electron chi connectivity index (χ3n) is 3.75. The van der Waals surface area contributed by atoms with Crippen molar-refractivity contribution < 1.29 is 38.0 Å². The smallest absolute Gasteiger partial charge is 0.339 e. The molecular formula is C16H28O8. The average molecular weight is 348 g/mol. The Kier molecular flexibility index (Phi) is 6.75. The second-order valence-corrected chi connectivity index (χ2v) is 6.35. The second-order valence-electron chi connectivity index (χ2n) is 6.35. The Bertz CT molecular complexity index is 421. The molecule has 0 saturated carbocycles. The second kappa shape index (κ2) is 7.77. The molecule has 0 amide bonds. The van der Waals surface area contributed by atoms with E-state index in [-0.39, 0.29) is 12.2 Å². The van der Waals surface area contributed by atoms with Crippen LogP contribution in [-0.2, 0) is 38.0 Å². The number of hydrogen-bond donors (Lipinski definition) is 0. The molecule has 140 valence electrons. The third kappa shape index (κ3) is 4.24. The summed E-state index contributed by atoms with van der Waals surface area (Å²) in [5.74, 6) is -4.34. The van der Waals surface area contributed by atoms with Crippen LogP contribution >= 0.6 is 0 Å². The van der Waals surface area contributed by atoms with Crippen molar-refractivity contribution in [3.8, 4) is 0 Å². The molecule has 0 aliphatic carbocycles. The molecule has 24 heavy (non-hydrogen) atoms. The first-order valence-electron chi connectivity index (χ1n) is 7.86. The van der Waals surface area contributed by atoms with Gasteiger partial charge in [-0.3, -0.25) is 0 Å². The van der Waals surface area contributed by atoms with E-state index in [9.17, 15) is 9.59 Å². The summed E-state index contributed by atoms with van der Waals surface area (Å²) >= 11 is 0. The van der Waals surface area contributed by atoms with Gasteiger partial charge in [-0.05, 0) is 41.5 Å². The van der Waals surface area contributed by atoms with Crippen molar-refractivity contribution in [3.63, 3.8) is 0 Å². The van der Waals surface area contributed by atoms with Crippen molar-refractivity contribution >= 4 is 11.9 Å². The number of rotatable bonds is 6. The minimum absolute atomic E-state index is 0.382. The molecule has 0 bridgehead atoms. The van der Waals surface area contributed by atoms with Crippen LogP contribution in [0.25, 0.3) is 0 Å². The highest BCUT2D eigenvalue weighted by atomic mass is 16.8. The van der Waals surface area contributed by atoms with Crippen molar-refractivity contribution in [2.45, 2.75) is 77.5 Å². The van der Waals surface area contributed by atoms with Crippen LogP contribution in [0.1, 0.15) is 41.5 Å². The molecule has 0 unspecified atom stereocenters. The van der Waals surface area contributed by atoms with E-state index >= 15 is 0 Å². The Morgan fingerprint density at radius 1 is 0.792 bits per heavy atom. The monoisotopic (exact) mass is 348 g/mol. The van der Waals surface area contributed by atoms with Gasteiger partial charge in [0, 0.05) is 14.2 Å². The molecule has 1 rings (SSSR count). The van der Waals surface area contributed by atoms with E-state index < -0.39 is 35.7 Å². The predicted octanol–water partition coefficient (Wildman–Crippen LogP) is 1.40. The van der Waals surface area contributed by atoms with Crippen LogP contribution in [0.3, 0.4) is 0 Å². The largest absolute Gasteiger partial charge is 0.461 e. The van der Waals surface area contributed by atoms with Crippen molar-refractivity contribution in [2.75, 3.05) is 14.2 Å². The first kappa shape index (κ1) is 20.8. The normalized spacial score (nSPS) is 33.6. The van der Waals surface area contributed by atoms with Gasteiger partial charge in [-0.25, -0.2) is 9.59 Å². The molecular weight excluding hydrogens is 320 g/mol. The standard InChI is InChI=1S/C16H28O8/c1-9(2)21-13(17)11-12(14(18)22-10(3)4)24-16(6,20-8)15(5,19-7)23-11/h9-12H,1-8H3/t11-,12+,15-,16-/m1/s1. The molecule has 0 aromatic rings. The van der Waals surface area contributed by atoms with Gasteiger partial charge in [-0.15, -0.1) is 0 Å². The Morgan fingerprint density at radius 2 is 1.08 bits per heavy atom. The Morgan fingerprint density at radius 3 is 1.29 bits per heavy atom. The van der Waals surface area contributed by atoms with Gasteiger partial charge < -0.3 is 28.4 Å². The fourth-order valence-electron chi connectivity index (χ4n) is 2.23. The maximum atomic E-state index is 12.4. The lowest BCUT2D eigenvalue weighted by molar-refractivity contribution is -0.439. The fourth-order valence-corrected chi connectivity index (χ4v) is 2.23. The highest BCUT2D eigenvalue weighted by Crippen LogP contribution is 2.39. The molecule has 1 fully saturated rings. The maximum absolute atomic E-state index is 12.4. The summed E-state index contributed by atoms with van der Waals surface area (Å²) in [6.45, 7) is 9.87. The van der Waals surface area contributed by atoms with Crippen LogP contribution in [-0.4, -0.2) is 62.1 Å². The summed E-state index contributed by atoms with van der Waals surface area (Å²) in [6.07, 6.45) is -3.45. The number of esters is 2. The Hall–Kier alpha value is -1.22. The van der Waals surface area contributed by atoms with Crippen molar-refractivity contribution in [1.82, 2.24) is 0 Å². The van der Waals surface area contributed by atoms with E-state index in [0.29, 0.717) is 0 Å². The summed E-state index contributed by atoms with van der Waals surface area (Å²) in [6, 6.07) is 0. The summed E-state index contributed by atoms with van der Waals surface area (Å²) in [5.41, 5.74) is 0. The van der Waals surface area contributed by atoms with Crippen LogP contribution in [0.4, 0.5) is 0 Å². The number of carbonyl (C=O) groups is 2. The van der Waals surface area contributed by atoms with Gasteiger partial charge in [-0.2, -0.15) is 0 Å². The van der Waals surface area contributed by atoms with Crippen LogP contribution in [0.15, 0.2) is 0 Å². The van der Waals surface area contributed by atoms with E-state index in [0.717, 1.165) is 0 Å². The maximum Gasteiger partial charge on any atom is 0.339 e. The van der Waals surface area contributed by atoms with Gasteiger partial charge in [0.25, 0.3) is 0 Å². The molecule has 0 N–H and O–H groups in total. The van der Waals surface area contributed by atoms with E-state index in [1.807, 2.05) is 0 Å². The number of carbonyl (C=O) groups excluding carboxylic acids is 2. The lowest BCUT2D eigenvalue weighted by Gasteiger charge is -2.50. The zero-order valence-corrected chi connectivity index (χ0v) is 15.6. The third-order valence-corrected chi connectivity index (χ3v) is 3.75. The van der Waals surface area contributed by atoms with Crippen molar-refractivity contribution in [3.05, 3.63) is 0 Å². The van der Waals surface area contributed by atoms with Gasteiger partial charge in [0.05, 0.1) is 12.2 Å². The molecule has 1 aliphatic heterocycles. The summed E-state index contributed by atoms with van der Waals surface area (Å²) in [7, 11) is 2.77. The fraction of sp³-hybridized carbons (Fsp3) is 0.875. The molecule has 0 aromatic heterocycles. The van der Waals surface area contributed by atoms with E-state index in [1.165, 1.54) is 14.2 Å². The number of hydrogen-bond acceptors (Lipinski definition) is 8. The van der Waals surface area contributed by atoms with Crippen LogP contribution in [0, 0.1) is 0 Å². The van der Waals surface area contributed by atoms with Gasteiger partial charge in [0.15, 0.2) is 12.2 Å². The minimum Gasteiger partial charge on any atom is -0.461 e. The van der Waals surface area contributed by atoms with Crippen LogP contribution in [0.5, 0.6) is 0 Å². The Balaban J connectivity index is 3.19. The predicted molar refractivity (Wildman–Crippen MR) is 83.0 cm³/mol. The van der Waals surface area contributed by atoms with Crippen molar-refractivity contribution in [1.29, 1.82) is 0 Å². The van der Waals surface area contributed by atoms with E-state index in [1.54, 1.807) is 41.5 Å². The molecule has 1 aliphatic rings. The SMILES string of the molecule is CO[C@]1(C)O[C@H](C(=O)OC(C)C)[C@H](C(=O)OC(C)C)O[C@@]1(C)OC. The molecule has 8 heteroatoms. The zero-order valence-electron chi connectivity index (χ0n) is 15.6. The van der Waals surface area contributed by atoms with Gasteiger partial charge in [0.2, 0.25) is 11.6 Å². The summed E-state index contributed by atoms with van der Waals surface area (Å²) < 4.78 is 32.5. The summed E-state index contributed by atoms with van der Waals surface area (Å²) in [4.78, 5) is 24.8. The lowest BCUT2D eigenvalue weighted by atomic mass is 10.0. The molecule has 1 saturated heterocycles. The van der Waals surface area contributed by atoms with Crippen LogP contribution in [0.2, 0.25) is 0 Å². The van der Waals surface area contributed by atoms with E-state index in [2.05, 4.69) is 0 Å². The molecule has 0 radical (unpaired) electrons. The van der Waals surface area contributed by atoms with Gasteiger partial charge in [0.1, 0.15) is 0 Å². The quantitative estimate of drug-likeness (QED) is 0.666. The molecule has 8 nitrogen and oxygen atoms in total. The number of methoxy groups -OCH3 is 2. The Labute approximate surface area is 142 Å². The zero-order chi connectivity index (χ0) is 18.7. The minimum atomic E-state index is -1.43. The van der Waals surface area contributed by atoms with Gasteiger partial charge in [-0.1, -0.05) is 0 Å². The molecule has 0 spiro atoms. The molecule has 4 atom stereocenters. The molecule has 1 heterocycles. The number of ether oxygens (including phenoxy) is 6. The van der Waals surface area contributed by atoms with E-state index in [4.69, 9.17) is 28.4 Å². The summed E-state index contributed by atoms with van der Waals surface area (Å²) in [5, 5.41) is 0. The highest BCUT2D eigenvalue weighted by Gasteiger charge is 2.60.